The molecule has 1 atom stereocenters. The lowest BCUT2D eigenvalue weighted by Gasteiger charge is -2.22. The van der Waals surface area contributed by atoms with Gasteiger partial charge >= 0.3 is 12.0 Å². The summed E-state index contributed by atoms with van der Waals surface area (Å²) in [6, 6.07) is 6.36. The van der Waals surface area contributed by atoms with E-state index in [-0.39, 0.29) is 5.70 Å². The van der Waals surface area contributed by atoms with E-state index in [1.165, 1.54) is 6.08 Å². The van der Waals surface area contributed by atoms with Gasteiger partial charge < -0.3 is 15.7 Å². The summed E-state index contributed by atoms with van der Waals surface area (Å²) in [5, 5.41) is 13.7. The fourth-order valence-corrected chi connectivity index (χ4v) is 1.97. The van der Waals surface area contributed by atoms with Crippen LogP contribution in [-0.4, -0.2) is 17.1 Å². The largest absolute Gasteiger partial charge is 0.477 e. The van der Waals surface area contributed by atoms with Crippen molar-refractivity contribution in [3.63, 3.8) is 0 Å². The van der Waals surface area contributed by atoms with Crippen LogP contribution in [0.4, 0.5) is 4.79 Å². The molecule has 1 aromatic carbocycles. The number of benzene rings is 1. The molecule has 88 valence electrons. The highest BCUT2D eigenvalue weighted by atomic mass is 79.9. The third-order valence-electron chi connectivity index (χ3n) is 2.31. The first kappa shape index (κ1) is 11.7. The monoisotopic (exact) mass is 296 g/mol. The van der Waals surface area contributed by atoms with Crippen LogP contribution in [0.25, 0.3) is 0 Å². The molecule has 0 spiro atoms. The van der Waals surface area contributed by atoms with Gasteiger partial charge in [0.25, 0.3) is 0 Å². The molecule has 6 heteroatoms. The van der Waals surface area contributed by atoms with Gasteiger partial charge in [0.2, 0.25) is 0 Å². The van der Waals surface area contributed by atoms with Crippen LogP contribution in [0.2, 0.25) is 0 Å². The van der Waals surface area contributed by atoms with Gasteiger partial charge in [-0.15, -0.1) is 0 Å². The second-order valence-corrected chi connectivity index (χ2v) is 4.43. The Bertz CT molecular complexity index is 513. The van der Waals surface area contributed by atoms with Crippen molar-refractivity contribution in [2.45, 2.75) is 6.04 Å². The fourth-order valence-electron chi connectivity index (χ4n) is 1.55. The Morgan fingerprint density at radius 2 is 2.18 bits per heavy atom. The number of nitrogens with one attached hydrogen (secondary N) is 2. The van der Waals surface area contributed by atoms with Crippen LogP contribution in [0.1, 0.15) is 11.6 Å². The van der Waals surface area contributed by atoms with E-state index in [1.807, 2.05) is 24.3 Å². The number of carboxylic acids is 1. The SMILES string of the molecule is O=C1NC(C(=O)O)=C[C@H](c2cccc(Br)c2)N1. The number of carbonyl (C=O) groups is 2. The first-order valence-electron chi connectivity index (χ1n) is 4.84. The molecule has 0 saturated carbocycles. The van der Waals surface area contributed by atoms with Gasteiger partial charge in [-0.1, -0.05) is 28.1 Å². The Kier molecular flexibility index (Phi) is 3.14. The van der Waals surface area contributed by atoms with Crippen molar-refractivity contribution >= 4 is 27.9 Å². The minimum absolute atomic E-state index is 0.112. The normalized spacial score (nSPS) is 19.0. The Balaban J connectivity index is 2.35. The van der Waals surface area contributed by atoms with Crippen LogP contribution >= 0.6 is 15.9 Å². The van der Waals surface area contributed by atoms with E-state index in [0.717, 1.165) is 10.0 Å². The number of hydrogen-bond donors (Lipinski definition) is 3. The van der Waals surface area contributed by atoms with Crippen molar-refractivity contribution in [2.75, 3.05) is 0 Å². The summed E-state index contributed by atoms with van der Waals surface area (Å²) < 4.78 is 0.869. The third kappa shape index (κ3) is 2.65. The average Bonchev–Trinajstić information content (AvgIpc) is 2.28. The van der Waals surface area contributed by atoms with Crippen LogP contribution < -0.4 is 10.6 Å². The first-order valence-corrected chi connectivity index (χ1v) is 5.63. The maximum Gasteiger partial charge on any atom is 0.352 e. The summed E-state index contributed by atoms with van der Waals surface area (Å²) in [4.78, 5) is 22.1. The number of carboxylic acid groups (broad SMARTS) is 1. The summed E-state index contributed by atoms with van der Waals surface area (Å²) in [6.07, 6.45) is 1.46. The Labute approximate surface area is 106 Å². The van der Waals surface area contributed by atoms with E-state index in [9.17, 15) is 9.59 Å². The van der Waals surface area contributed by atoms with Crippen LogP contribution in [0.5, 0.6) is 0 Å². The molecule has 17 heavy (non-hydrogen) atoms. The van der Waals surface area contributed by atoms with Crippen molar-refractivity contribution < 1.29 is 14.7 Å². The molecule has 3 N–H and O–H groups in total. The number of hydrogen-bond acceptors (Lipinski definition) is 2. The van der Waals surface area contributed by atoms with E-state index >= 15 is 0 Å². The minimum atomic E-state index is -1.15. The minimum Gasteiger partial charge on any atom is -0.477 e. The number of aliphatic carboxylic acids is 1. The highest BCUT2D eigenvalue weighted by Crippen LogP contribution is 2.21. The molecule has 2 rings (SSSR count). The van der Waals surface area contributed by atoms with Crippen LogP contribution in [0.3, 0.4) is 0 Å². The van der Waals surface area contributed by atoms with E-state index in [2.05, 4.69) is 26.6 Å². The highest BCUT2D eigenvalue weighted by molar-refractivity contribution is 9.10. The summed E-state index contributed by atoms with van der Waals surface area (Å²) in [5.41, 5.74) is 0.701. The zero-order chi connectivity index (χ0) is 12.4. The maximum atomic E-state index is 11.3. The Hall–Kier alpha value is -1.82. The van der Waals surface area contributed by atoms with Gasteiger partial charge in [-0.3, -0.25) is 0 Å². The molecule has 0 unspecified atom stereocenters. The average molecular weight is 297 g/mol. The fraction of sp³-hybridized carbons (Fsp3) is 0.0909. The van der Waals surface area contributed by atoms with Crippen LogP contribution in [0, 0.1) is 0 Å². The number of halogens is 1. The maximum absolute atomic E-state index is 11.3. The molecule has 2 amide bonds. The summed E-state index contributed by atoms with van der Waals surface area (Å²) in [6.45, 7) is 0. The zero-order valence-electron chi connectivity index (χ0n) is 8.61. The second-order valence-electron chi connectivity index (χ2n) is 3.52. The third-order valence-corrected chi connectivity index (χ3v) is 2.80. The van der Waals surface area contributed by atoms with Gasteiger partial charge in [0.1, 0.15) is 5.70 Å². The van der Waals surface area contributed by atoms with Gasteiger partial charge in [-0.05, 0) is 23.8 Å². The van der Waals surface area contributed by atoms with Gasteiger partial charge in [-0.25, -0.2) is 9.59 Å². The molecule has 1 aliphatic rings. The number of carbonyl (C=O) groups excluding carboxylic acids is 1. The molecular weight excluding hydrogens is 288 g/mol. The quantitative estimate of drug-likeness (QED) is 0.778. The van der Waals surface area contributed by atoms with Crippen molar-refractivity contribution in [2.24, 2.45) is 0 Å². The van der Waals surface area contributed by atoms with Gasteiger partial charge in [-0.2, -0.15) is 0 Å². The van der Waals surface area contributed by atoms with E-state index in [1.54, 1.807) is 0 Å². The Morgan fingerprint density at radius 1 is 1.41 bits per heavy atom. The van der Waals surface area contributed by atoms with Crippen molar-refractivity contribution in [3.8, 4) is 0 Å². The number of rotatable bonds is 2. The van der Waals surface area contributed by atoms with Crippen molar-refractivity contribution in [1.29, 1.82) is 0 Å². The first-order chi connectivity index (χ1) is 8.06. The smallest absolute Gasteiger partial charge is 0.352 e. The molecule has 0 aliphatic carbocycles. The second kappa shape index (κ2) is 4.58. The van der Waals surface area contributed by atoms with Gasteiger partial charge in [0, 0.05) is 4.47 Å². The number of urea groups is 1. The van der Waals surface area contributed by atoms with E-state index < -0.39 is 18.0 Å². The predicted octanol–water partition coefficient (Wildman–Crippen LogP) is 1.77. The molecule has 0 saturated heterocycles. The molecule has 1 aliphatic heterocycles. The van der Waals surface area contributed by atoms with Gasteiger partial charge in [0.15, 0.2) is 0 Å². The zero-order valence-corrected chi connectivity index (χ0v) is 10.2. The lowest BCUT2D eigenvalue weighted by molar-refractivity contribution is -0.133. The van der Waals surface area contributed by atoms with Crippen molar-refractivity contribution in [3.05, 3.63) is 46.1 Å². The van der Waals surface area contributed by atoms with E-state index in [4.69, 9.17) is 5.11 Å². The molecule has 5 nitrogen and oxygen atoms in total. The van der Waals surface area contributed by atoms with Gasteiger partial charge in [0.05, 0.1) is 6.04 Å². The predicted molar refractivity (Wildman–Crippen MR) is 64.3 cm³/mol. The van der Waals surface area contributed by atoms with Crippen molar-refractivity contribution in [1.82, 2.24) is 10.6 Å². The topological polar surface area (TPSA) is 78.4 Å². The molecular formula is C11H9BrN2O3. The highest BCUT2D eigenvalue weighted by Gasteiger charge is 2.23. The number of amides is 2. The molecule has 0 fully saturated rings. The molecule has 0 aromatic heterocycles. The van der Waals surface area contributed by atoms with Crippen LogP contribution in [-0.2, 0) is 4.79 Å². The van der Waals surface area contributed by atoms with Crippen LogP contribution in [0.15, 0.2) is 40.5 Å². The lowest BCUT2D eigenvalue weighted by atomic mass is 10.0. The van der Waals surface area contributed by atoms with E-state index in [0.29, 0.717) is 0 Å². The lowest BCUT2D eigenvalue weighted by Crippen LogP contribution is -2.43. The molecule has 1 aromatic rings. The molecule has 0 radical (unpaired) electrons. The molecule has 1 heterocycles. The standard InChI is InChI=1S/C11H9BrN2O3/c12-7-3-1-2-6(4-7)8-5-9(10(15)16)14-11(17)13-8/h1-5,8H,(H,15,16)(H2,13,14,17)/t8-/m1/s1. The summed E-state index contributed by atoms with van der Waals surface area (Å²) >= 11 is 3.32. The summed E-state index contributed by atoms with van der Waals surface area (Å²) in [7, 11) is 0. The molecule has 0 bridgehead atoms. The Morgan fingerprint density at radius 3 is 2.82 bits per heavy atom. The summed E-state index contributed by atoms with van der Waals surface area (Å²) in [5.74, 6) is -1.15.